The topological polar surface area (TPSA) is 68.0 Å². The molecule has 0 aromatic carbocycles. The summed E-state index contributed by atoms with van der Waals surface area (Å²) in [6, 6.07) is 5.51. The predicted molar refractivity (Wildman–Crippen MR) is 75.3 cm³/mol. The van der Waals surface area contributed by atoms with Crippen LogP contribution in [0, 0.1) is 0 Å². The van der Waals surface area contributed by atoms with Gasteiger partial charge >= 0.3 is 0 Å². The fraction of sp³-hybridized carbons (Fsp3) is 0.231. The van der Waals surface area contributed by atoms with Gasteiger partial charge in [0.1, 0.15) is 0 Å². The minimum absolute atomic E-state index is 0.413. The highest BCUT2D eigenvalue weighted by molar-refractivity contribution is 6.29. The van der Waals surface area contributed by atoms with Gasteiger partial charge in [0.15, 0.2) is 11.0 Å². The van der Waals surface area contributed by atoms with Crippen molar-refractivity contribution in [3.8, 4) is 0 Å². The molecule has 100 valence electrons. The van der Waals surface area contributed by atoms with Crippen LogP contribution < -0.4 is 5.32 Å². The van der Waals surface area contributed by atoms with Crippen molar-refractivity contribution in [3.05, 3.63) is 41.6 Å². The number of anilines is 2. The van der Waals surface area contributed by atoms with Gasteiger partial charge in [-0.25, -0.2) is 0 Å². The molecule has 6 nitrogen and oxygen atoms in total. The molecule has 1 aliphatic carbocycles. The normalized spacial score (nSPS) is 14.7. The number of nitrogens with zero attached hydrogens (tertiary/aromatic N) is 5. The lowest BCUT2D eigenvalue weighted by molar-refractivity contribution is 0.815. The van der Waals surface area contributed by atoms with E-state index in [1.54, 1.807) is 23.0 Å². The predicted octanol–water partition coefficient (Wildman–Crippen LogP) is 2.79. The van der Waals surface area contributed by atoms with Crippen LogP contribution in [0.15, 0.2) is 30.6 Å². The van der Waals surface area contributed by atoms with Crippen LogP contribution in [0.1, 0.15) is 24.6 Å². The van der Waals surface area contributed by atoms with Crippen LogP contribution in [-0.2, 0) is 0 Å². The molecule has 7 heteroatoms. The number of hydrogen-bond donors (Lipinski definition) is 1. The molecule has 1 saturated carbocycles. The minimum atomic E-state index is 0.413. The average Bonchev–Trinajstić information content (AvgIpc) is 3.20. The molecule has 3 aromatic rings. The first kappa shape index (κ1) is 11.6. The van der Waals surface area contributed by atoms with E-state index < -0.39 is 0 Å². The summed E-state index contributed by atoms with van der Waals surface area (Å²) >= 11 is 6.10. The summed E-state index contributed by atoms with van der Waals surface area (Å²) in [5.74, 6) is 1.35. The van der Waals surface area contributed by atoms with Crippen LogP contribution in [-0.4, -0.2) is 24.8 Å². The molecule has 4 rings (SSSR count). The molecule has 0 atom stereocenters. The lowest BCUT2D eigenvalue weighted by Crippen LogP contribution is -2.01. The van der Waals surface area contributed by atoms with Crippen LogP contribution >= 0.6 is 11.6 Å². The molecule has 0 radical (unpaired) electrons. The first-order valence-electron chi connectivity index (χ1n) is 6.40. The molecule has 0 spiro atoms. The molecule has 1 fully saturated rings. The van der Waals surface area contributed by atoms with Crippen LogP contribution in [0.25, 0.3) is 5.65 Å². The quantitative estimate of drug-likeness (QED) is 0.802. The smallest absolute Gasteiger partial charge is 0.201 e. The Morgan fingerprint density at radius 3 is 2.75 bits per heavy atom. The maximum atomic E-state index is 6.10. The Hall–Kier alpha value is -2.21. The van der Waals surface area contributed by atoms with Crippen molar-refractivity contribution in [3.63, 3.8) is 0 Å². The first-order valence-corrected chi connectivity index (χ1v) is 6.78. The van der Waals surface area contributed by atoms with E-state index in [1.807, 2.05) is 12.1 Å². The van der Waals surface area contributed by atoms with E-state index in [0.717, 1.165) is 30.0 Å². The van der Waals surface area contributed by atoms with Crippen LogP contribution in [0.4, 0.5) is 11.4 Å². The second kappa shape index (κ2) is 4.42. The van der Waals surface area contributed by atoms with Crippen molar-refractivity contribution >= 4 is 28.6 Å². The fourth-order valence-electron chi connectivity index (χ4n) is 2.15. The molecular weight excluding hydrogens is 276 g/mol. The Bertz CT molecular complexity index is 765. The molecule has 3 aromatic heterocycles. The lowest BCUT2D eigenvalue weighted by atomic mass is 10.3. The Balaban J connectivity index is 1.82. The monoisotopic (exact) mass is 286 g/mol. The number of hydrogen-bond acceptors (Lipinski definition) is 5. The second-order valence-corrected chi connectivity index (χ2v) is 5.20. The van der Waals surface area contributed by atoms with Crippen LogP contribution in [0.3, 0.4) is 0 Å². The van der Waals surface area contributed by atoms with Crippen molar-refractivity contribution < 1.29 is 0 Å². The van der Waals surface area contributed by atoms with Crippen molar-refractivity contribution in [2.75, 3.05) is 5.32 Å². The van der Waals surface area contributed by atoms with E-state index in [1.165, 1.54) is 0 Å². The number of rotatable bonds is 3. The van der Waals surface area contributed by atoms with Gasteiger partial charge in [0, 0.05) is 30.1 Å². The van der Waals surface area contributed by atoms with Gasteiger partial charge < -0.3 is 5.32 Å². The number of pyridine rings is 1. The Morgan fingerprint density at radius 1 is 1.20 bits per heavy atom. The van der Waals surface area contributed by atoms with E-state index in [4.69, 9.17) is 11.6 Å². The summed E-state index contributed by atoms with van der Waals surface area (Å²) in [5, 5.41) is 16.5. The molecular formula is C13H11ClN6. The van der Waals surface area contributed by atoms with E-state index >= 15 is 0 Å². The number of halogens is 1. The molecule has 0 saturated heterocycles. The summed E-state index contributed by atoms with van der Waals surface area (Å²) in [7, 11) is 0. The summed E-state index contributed by atoms with van der Waals surface area (Å²) in [5.41, 5.74) is 2.39. The maximum absolute atomic E-state index is 6.10. The van der Waals surface area contributed by atoms with Crippen molar-refractivity contribution in [1.82, 2.24) is 24.8 Å². The molecule has 1 aliphatic rings. The summed E-state index contributed by atoms with van der Waals surface area (Å²) in [6.45, 7) is 0. The third-order valence-corrected chi connectivity index (χ3v) is 3.45. The fourth-order valence-corrected chi connectivity index (χ4v) is 2.33. The highest BCUT2D eigenvalue weighted by atomic mass is 35.5. The van der Waals surface area contributed by atoms with E-state index in [-0.39, 0.29) is 0 Å². The van der Waals surface area contributed by atoms with E-state index in [9.17, 15) is 0 Å². The zero-order chi connectivity index (χ0) is 13.5. The van der Waals surface area contributed by atoms with Gasteiger partial charge in [-0.2, -0.15) is 9.61 Å². The minimum Gasteiger partial charge on any atom is -0.352 e. The maximum Gasteiger partial charge on any atom is 0.201 e. The van der Waals surface area contributed by atoms with Gasteiger partial charge in [-0.15, -0.1) is 10.2 Å². The third-order valence-electron chi connectivity index (χ3n) is 3.27. The molecule has 1 N–H and O–H groups in total. The Kier molecular flexibility index (Phi) is 2.56. The highest BCUT2D eigenvalue weighted by Crippen LogP contribution is 2.39. The molecule has 0 unspecified atom stereocenters. The Labute approximate surface area is 119 Å². The Morgan fingerprint density at radius 2 is 2.00 bits per heavy atom. The zero-order valence-corrected chi connectivity index (χ0v) is 11.2. The number of nitrogens with one attached hydrogen (secondary N) is 1. The molecule has 3 heterocycles. The first-order chi connectivity index (χ1) is 9.81. The number of fused-ring (bicyclic) bond motifs is 1. The SMILES string of the molecule is Clc1cc(Nc2ccncc2)c2nnc(C3CC3)n2n1. The third kappa shape index (κ3) is 1.98. The van der Waals surface area contributed by atoms with Crippen LogP contribution in [0.5, 0.6) is 0 Å². The van der Waals surface area contributed by atoms with E-state index in [0.29, 0.717) is 16.7 Å². The number of aromatic nitrogens is 5. The summed E-state index contributed by atoms with van der Waals surface area (Å²) < 4.78 is 1.74. The molecule has 0 amide bonds. The van der Waals surface area contributed by atoms with Gasteiger partial charge in [-0.05, 0) is 25.0 Å². The van der Waals surface area contributed by atoms with Crippen molar-refractivity contribution in [2.45, 2.75) is 18.8 Å². The van der Waals surface area contributed by atoms with Gasteiger partial charge in [0.2, 0.25) is 5.65 Å². The van der Waals surface area contributed by atoms with Crippen molar-refractivity contribution in [2.24, 2.45) is 0 Å². The highest BCUT2D eigenvalue weighted by Gasteiger charge is 2.30. The zero-order valence-electron chi connectivity index (χ0n) is 10.5. The van der Waals surface area contributed by atoms with Gasteiger partial charge in [0.05, 0.1) is 5.69 Å². The van der Waals surface area contributed by atoms with Crippen LogP contribution in [0.2, 0.25) is 5.15 Å². The second-order valence-electron chi connectivity index (χ2n) is 4.81. The van der Waals surface area contributed by atoms with Gasteiger partial charge in [-0.3, -0.25) is 4.98 Å². The standard InChI is InChI=1S/C13H11ClN6/c14-11-7-10(16-9-3-5-15-6-4-9)13-18-17-12(8-1-2-8)20(13)19-11/h3-8H,1-2H2,(H,15,16). The lowest BCUT2D eigenvalue weighted by Gasteiger charge is -2.07. The van der Waals surface area contributed by atoms with Crippen molar-refractivity contribution in [1.29, 1.82) is 0 Å². The van der Waals surface area contributed by atoms with E-state index in [2.05, 4.69) is 25.6 Å². The van der Waals surface area contributed by atoms with Gasteiger partial charge in [-0.1, -0.05) is 11.6 Å². The largest absolute Gasteiger partial charge is 0.352 e. The van der Waals surface area contributed by atoms with Gasteiger partial charge in [0.25, 0.3) is 0 Å². The molecule has 20 heavy (non-hydrogen) atoms. The summed E-state index contributed by atoms with van der Waals surface area (Å²) in [4.78, 5) is 3.99. The average molecular weight is 287 g/mol. The summed E-state index contributed by atoms with van der Waals surface area (Å²) in [6.07, 6.45) is 5.73. The molecule has 0 bridgehead atoms. The molecule has 0 aliphatic heterocycles.